The van der Waals surface area contributed by atoms with E-state index in [-0.39, 0.29) is 4.90 Å². The lowest BCUT2D eigenvalue weighted by Crippen LogP contribution is -2.13. The Hall–Kier alpha value is -2.31. The molecule has 0 radical (unpaired) electrons. The van der Waals surface area contributed by atoms with Crippen molar-refractivity contribution in [3.63, 3.8) is 0 Å². The fourth-order valence-electron chi connectivity index (χ4n) is 2.07. The van der Waals surface area contributed by atoms with Gasteiger partial charge in [0.25, 0.3) is 10.0 Å². The highest BCUT2D eigenvalue weighted by Crippen LogP contribution is 2.23. The van der Waals surface area contributed by atoms with Crippen LogP contribution < -0.4 is 4.72 Å². The van der Waals surface area contributed by atoms with Crippen molar-refractivity contribution in [3.05, 3.63) is 65.4 Å². The summed E-state index contributed by atoms with van der Waals surface area (Å²) in [4.78, 5) is 7.27. The van der Waals surface area contributed by atoms with E-state index in [1.165, 1.54) is 12.1 Å². The molecule has 7 heteroatoms. The maximum atomic E-state index is 12.4. The van der Waals surface area contributed by atoms with E-state index < -0.39 is 10.0 Å². The Morgan fingerprint density at radius 3 is 2.48 bits per heavy atom. The second-order valence-electron chi connectivity index (χ2n) is 5.03. The van der Waals surface area contributed by atoms with Crippen molar-refractivity contribution in [2.75, 3.05) is 4.72 Å². The van der Waals surface area contributed by atoms with Gasteiger partial charge in [-0.25, -0.2) is 13.4 Å². The van der Waals surface area contributed by atoms with E-state index in [0.29, 0.717) is 10.7 Å². The molecule has 1 aromatic heterocycles. The molecule has 0 fully saturated rings. The zero-order valence-corrected chi connectivity index (χ0v) is 13.8. The van der Waals surface area contributed by atoms with Gasteiger partial charge in [0.15, 0.2) is 0 Å². The average Bonchev–Trinajstić information content (AvgIpc) is 3.04. The highest BCUT2D eigenvalue weighted by Gasteiger charge is 2.15. The van der Waals surface area contributed by atoms with E-state index >= 15 is 0 Å². The zero-order chi connectivity index (χ0) is 16.4. The number of nitrogens with one attached hydrogen (secondary N) is 2. The van der Waals surface area contributed by atoms with Crippen molar-refractivity contribution in [3.8, 4) is 11.4 Å². The molecule has 0 atom stereocenters. The molecule has 5 nitrogen and oxygen atoms in total. The molecule has 0 amide bonds. The van der Waals surface area contributed by atoms with Gasteiger partial charge in [-0.3, -0.25) is 4.72 Å². The molecule has 23 heavy (non-hydrogen) atoms. The molecule has 2 aromatic carbocycles. The molecule has 3 rings (SSSR count). The third kappa shape index (κ3) is 3.38. The Balaban J connectivity index is 1.84. The normalized spacial score (nSPS) is 11.4. The molecule has 2 N–H and O–H groups in total. The van der Waals surface area contributed by atoms with Crippen molar-refractivity contribution in [1.82, 2.24) is 9.97 Å². The highest BCUT2D eigenvalue weighted by atomic mass is 35.5. The van der Waals surface area contributed by atoms with Gasteiger partial charge in [0, 0.05) is 28.7 Å². The Morgan fingerprint density at radius 1 is 1.13 bits per heavy atom. The predicted octanol–water partition coefficient (Wildman–Crippen LogP) is 3.84. The van der Waals surface area contributed by atoms with Crippen molar-refractivity contribution in [2.45, 2.75) is 11.8 Å². The quantitative estimate of drug-likeness (QED) is 0.753. The smallest absolute Gasteiger partial charge is 0.261 e. The van der Waals surface area contributed by atoms with E-state index in [1.807, 2.05) is 6.92 Å². The number of hydrogen-bond donors (Lipinski definition) is 2. The zero-order valence-electron chi connectivity index (χ0n) is 12.2. The van der Waals surface area contributed by atoms with Gasteiger partial charge in [0.1, 0.15) is 5.82 Å². The van der Waals surface area contributed by atoms with Gasteiger partial charge >= 0.3 is 0 Å². The van der Waals surface area contributed by atoms with Crippen LogP contribution in [-0.2, 0) is 10.0 Å². The van der Waals surface area contributed by atoms with Crippen LogP contribution in [0.3, 0.4) is 0 Å². The third-order valence-electron chi connectivity index (χ3n) is 3.36. The van der Waals surface area contributed by atoms with Crippen LogP contribution in [-0.4, -0.2) is 18.4 Å². The lowest BCUT2D eigenvalue weighted by atomic mass is 10.2. The van der Waals surface area contributed by atoms with Gasteiger partial charge in [-0.15, -0.1) is 0 Å². The Kier molecular flexibility index (Phi) is 4.11. The number of benzene rings is 2. The number of nitrogens with zero attached hydrogens (tertiary/aromatic N) is 1. The molecule has 0 unspecified atom stereocenters. The summed E-state index contributed by atoms with van der Waals surface area (Å²) >= 11 is 6.00. The van der Waals surface area contributed by atoms with E-state index in [0.717, 1.165) is 17.0 Å². The fraction of sp³-hybridized carbons (Fsp3) is 0.0625. The molecule has 0 saturated heterocycles. The first-order valence-electron chi connectivity index (χ1n) is 6.84. The van der Waals surface area contributed by atoms with Crippen LogP contribution in [0.15, 0.2) is 59.8 Å². The van der Waals surface area contributed by atoms with Crippen LogP contribution in [0.1, 0.15) is 5.56 Å². The third-order valence-corrected chi connectivity index (χ3v) is 5.15. The molecule has 0 bridgehead atoms. The Labute approximate surface area is 139 Å². The fourth-order valence-corrected chi connectivity index (χ4v) is 3.40. The number of aromatic nitrogens is 2. The summed E-state index contributed by atoms with van der Waals surface area (Å²) < 4.78 is 27.3. The predicted molar refractivity (Wildman–Crippen MR) is 91.0 cm³/mol. The molecule has 0 aliphatic heterocycles. The highest BCUT2D eigenvalue weighted by molar-refractivity contribution is 7.92. The summed E-state index contributed by atoms with van der Waals surface area (Å²) in [5.41, 5.74) is 2.17. The molecule has 1 heterocycles. The van der Waals surface area contributed by atoms with Crippen molar-refractivity contribution < 1.29 is 8.42 Å². The van der Waals surface area contributed by atoms with Crippen molar-refractivity contribution in [1.29, 1.82) is 0 Å². The number of hydrogen-bond acceptors (Lipinski definition) is 3. The number of anilines is 1. The molecular formula is C16H14ClN3O2S. The Bertz CT molecular complexity index is 920. The SMILES string of the molecule is Cc1ccc(S(=O)(=O)Nc2ccc(-c3ncc[nH]3)cc2)cc1Cl. The summed E-state index contributed by atoms with van der Waals surface area (Å²) in [5.74, 6) is 0.727. The number of H-pyrrole nitrogens is 1. The molecule has 0 spiro atoms. The molecule has 0 aliphatic rings. The Morgan fingerprint density at radius 2 is 1.87 bits per heavy atom. The molecule has 3 aromatic rings. The summed E-state index contributed by atoms with van der Waals surface area (Å²) in [5, 5.41) is 0.418. The first-order valence-corrected chi connectivity index (χ1v) is 8.70. The lowest BCUT2D eigenvalue weighted by molar-refractivity contribution is 0.601. The minimum absolute atomic E-state index is 0.128. The van der Waals surface area contributed by atoms with Crippen LogP contribution in [0.2, 0.25) is 5.02 Å². The maximum absolute atomic E-state index is 12.4. The van der Waals surface area contributed by atoms with Gasteiger partial charge in [0.05, 0.1) is 4.90 Å². The number of halogens is 1. The van der Waals surface area contributed by atoms with Crippen LogP contribution in [0.4, 0.5) is 5.69 Å². The molecule has 0 aliphatic carbocycles. The van der Waals surface area contributed by atoms with Crippen LogP contribution in [0.5, 0.6) is 0 Å². The van der Waals surface area contributed by atoms with Gasteiger partial charge in [-0.2, -0.15) is 0 Å². The first-order chi connectivity index (χ1) is 11.0. The van der Waals surface area contributed by atoms with E-state index in [4.69, 9.17) is 11.6 Å². The monoisotopic (exact) mass is 347 g/mol. The van der Waals surface area contributed by atoms with E-state index in [9.17, 15) is 8.42 Å². The summed E-state index contributed by atoms with van der Waals surface area (Å²) in [7, 11) is -3.68. The minimum Gasteiger partial charge on any atom is -0.345 e. The second kappa shape index (κ2) is 6.06. The van der Waals surface area contributed by atoms with Gasteiger partial charge in [-0.1, -0.05) is 17.7 Å². The number of aromatic amines is 1. The van der Waals surface area contributed by atoms with Crippen LogP contribution in [0.25, 0.3) is 11.4 Å². The van der Waals surface area contributed by atoms with Crippen LogP contribution >= 0.6 is 11.6 Å². The van der Waals surface area contributed by atoms with Gasteiger partial charge < -0.3 is 4.98 Å². The van der Waals surface area contributed by atoms with Gasteiger partial charge in [-0.05, 0) is 48.9 Å². The van der Waals surface area contributed by atoms with Crippen LogP contribution in [0, 0.1) is 6.92 Å². The molecule has 0 saturated carbocycles. The number of imidazole rings is 1. The maximum Gasteiger partial charge on any atom is 0.261 e. The number of sulfonamides is 1. The van der Waals surface area contributed by atoms with Crippen molar-refractivity contribution in [2.24, 2.45) is 0 Å². The number of rotatable bonds is 4. The summed E-state index contributed by atoms with van der Waals surface area (Å²) in [6.45, 7) is 1.82. The average molecular weight is 348 g/mol. The topological polar surface area (TPSA) is 74.8 Å². The largest absolute Gasteiger partial charge is 0.345 e. The lowest BCUT2D eigenvalue weighted by Gasteiger charge is -2.09. The summed E-state index contributed by atoms with van der Waals surface area (Å²) in [6.07, 6.45) is 3.39. The minimum atomic E-state index is -3.68. The van der Waals surface area contributed by atoms with E-state index in [2.05, 4.69) is 14.7 Å². The second-order valence-corrected chi connectivity index (χ2v) is 7.12. The van der Waals surface area contributed by atoms with Gasteiger partial charge in [0.2, 0.25) is 0 Å². The van der Waals surface area contributed by atoms with Crippen molar-refractivity contribution >= 4 is 27.3 Å². The molecular weight excluding hydrogens is 334 g/mol. The standard InChI is InChI=1S/C16H14ClN3O2S/c1-11-2-7-14(10-15(11)17)23(21,22)20-13-5-3-12(4-6-13)16-18-8-9-19-16/h2-10,20H,1H3,(H,18,19). The molecule has 118 valence electrons. The first kappa shape index (κ1) is 15.6. The van der Waals surface area contributed by atoms with E-state index in [1.54, 1.807) is 42.7 Å². The number of aryl methyl sites for hydroxylation is 1. The summed E-state index contributed by atoms with van der Waals surface area (Å²) in [6, 6.07) is 11.6.